The maximum Gasteiger partial charge on any atom is 2.00 e. The summed E-state index contributed by atoms with van der Waals surface area (Å²) in [6.07, 6.45) is 0. The summed E-state index contributed by atoms with van der Waals surface area (Å²) in [7, 11) is -5.17. The Morgan fingerprint density at radius 2 is 0.727 bits per heavy atom. The van der Waals surface area contributed by atoms with E-state index in [-0.39, 0.29) is 46.9 Å². The molecule has 0 atom stereocenters. The smallest absolute Gasteiger partial charge is 0.759 e. The Kier molecular flexibility index (Phi) is 132. The minimum Gasteiger partial charge on any atom is -0.759 e. The molecule has 0 saturated carbocycles. The van der Waals surface area contributed by atoms with Crippen LogP contribution < -0.4 is 0 Å². The molecule has 11 heteroatoms. The maximum absolute atomic E-state index is 8.52. The van der Waals surface area contributed by atoms with E-state index >= 15 is 0 Å². The molecule has 0 aliphatic rings. The molecular weight excluding hydrogens is 241 g/mol. The molecule has 0 aromatic carbocycles. The summed E-state index contributed by atoms with van der Waals surface area (Å²) in [6.45, 7) is 0. The van der Waals surface area contributed by atoms with Gasteiger partial charge in [-0.3, -0.25) is 8.42 Å². The fourth-order valence-corrected chi connectivity index (χ4v) is 0. The summed E-state index contributed by atoms with van der Waals surface area (Å²) in [5.41, 5.74) is 0. The average molecular weight is 252 g/mol. The van der Waals surface area contributed by atoms with E-state index in [2.05, 4.69) is 0 Å². The monoisotopic (exact) mass is 250 g/mol. The van der Waals surface area contributed by atoms with Crippen LogP contribution in [0.4, 0.5) is 0 Å². The van der Waals surface area contributed by atoms with Gasteiger partial charge in [-0.2, -0.15) is 0 Å². The van der Waals surface area contributed by atoms with Crippen molar-refractivity contribution in [1.29, 1.82) is 0 Å². The Bertz CT molecular complexity index is 92.7. The van der Waals surface area contributed by atoms with E-state index in [1.54, 1.807) is 0 Å². The van der Waals surface area contributed by atoms with Gasteiger partial charge in [0.15, 0.2) is 0 Å². The minimum absolute atomic E-state index is 0. The quantitative estimate of drug-likeness (QED) is 0.232. The second kappa shape index (κ2) is 22.4. The molecule has 0 rings (SSSR count). The minimum atomic E-state index is -5.17. The van der Waals surface area contributed by atoms with Gasteiger partial charge in [0.05, 0.1) is 0 Å². The standard InChI is InChI=1S/H2O4S.5H2O.Zn/c1-5(2,3)4;;;;;;/h(H2,1,2,3,4);5*1H2;/q;;;;;;+2/p-2. The van der Waals surface area contributed by atoms with Gasteiger partial charge >= 0.3 is 19.5 Å². The zero-order chi connectivity index (χ0) is 4.50. The van der Waals surface area contributed by atoms with Crippen molar-refractivity contribution >= 4 is 10.4 Å². The molecule has 9 nitrogen and oxygen atoms in total. The van der Waals surface area contributed by atoms with Gasteiger partial charge < -0.3 is 36.5 Å². The van der Waals surface area contributed by atoms with Crippen molar-refractivity contribution in [2.45, 2.75) is 0 Å². The van der Waals surface area contributed by atoms with E-state index in [0.717, 1.165) is 0 Å². The largest absolute Gasteiger partial charge is 2.00 e. The van der Waals surface area contributed by atoms with Crippen LogP contribution in [0.5, 0.6) is 0 Å². The summed E-state index contributed by atoms with van der Waals surface area (Å²) in [5, 5.41) is 0. The summed E-state index contributed by atoms with van der Waals surface area (Å²) in [4.78, 5) is 0. The zero-order valence-corrected chi connectivity index (χ0v) is 9.03. The van der Waals surface area contributed by atoms with Crippen LogP contribution in [0.15, 0.2) is 0 Å². The van der Waals surface area contributed by atoms with Gasteiger partial charge in [-0.1, -0.05) is 0 Å². The first-order valence-corrected chi connectivity index (χ1v) is 2.00. The van der Waals surface area contributed by atoms with Crippen molar-refractivity contribution in [2.75, 3.05) is 0 Å². The Labute approximate surface area is 75.3 Å². The predicted octanol–water partition coefficient (Wildman–Crippen LogP) is -5.46. The van der Waals surface area contributed by atoms with E-state index in [0.29, 0.717) is 0 Å². The van der Waals surface area contributed by atoms with Gasteiger partial charge in [-0.15, -0.1) is 0 Å². The van der Waals surface area contributed by atoms with Gasteiger partial charge in [0.1, 0.15) is 0 Å². The van der Waals surface area contributed by atoms with E-state index < -0.39 is 10.4 Å². The first-order valence-electron chi connectivity index (χ1n) is 0.667. The molecule has 0 unspecified atom stereocenters. The van der Waals surface area contributed by atoms with Crippen molar-refractivity contribution in [1.82, 2.24) is 0 Å². The molecule has 0 radical (unpaired) electrons. The van der Waals surface area contributed by atoms with Crippen LogP contribution in [0.2, 0.25) is 0 Å². The molecule has 11 heavy (non-hydrogen) atoms. The van der Waals surface area contributed by atoms with Crippen molar-refractivity contribution < 1.29 is 64.4 Å². The molecule has 0 amide bonds. The maximum atomic E-state index is 8.52. The number of hydrogen-bond acceptors (Lipinski definition) is 4. The van der Waals surface area contributed by atoms with Crippen LogP contribution in [0.25, 0.3) is 0 Å². The normalized spacial score (nSPS) is 5.27. The molecule has 0 heterocycles. The summed E-state index contributed by atoms with van der Waals surface area (Å²) in [6, 6.07) is 0. The van der Waals surface area contributed by atoms with Crippen LogP contribution in [0.1, 0.15) is 0 Å². The molecule has 10 N–H and O–H groups in total. The van der Waals surface area contributed by atoms with E-state index in [9.17, 15) is 0 Å². The SMILES string of the molecule is O.O.O.O.O.O=S(=O)([O-])[O-].[Zn+2]. The van der Waals surface area contributed by atoms with Crippen LogP contribution in [-0.2, 0) is 29.9 Å². The second-order valence-corrected chi connectivity index (χ2v) is 1.22. The molecule has 0 aliphatic heterocycles. The van der Waals surface area contributed by atoms with Crippen molar-refractivity contribution in [3.63, 3.8) is 0 Å². The molecular formula is H10O9SZn. The summed E-state index contributed by atoms with van der Waals surface area (Å²) >= 11 is 0. The summed E-state index contributed by atoms with van der Waals surface area (Å²) < 4.78 is 34.1. The Hall–Kier alpha value is 0.293. The van der Waals surface area contributed by atoms with Gasteiger partial charge in [-0.05, 0) is 0 Å². The van der Waals surface area contributed by atoms with Gasteiger partial charge in [-0.25, -0.2) is 0 Å². The first kappa shape index (κ1) is 64.9. The third kappa shape index (κ3) is 8230. The molecule has 0 spiro atoms. The molecule has 0 aromatic rings. The van der Waals surface area contributed by atoms with Gasteiger partial charge in [0.25, 0.3) is 0 Å². The van der Waals surface area contributed by atoms with E-state index in [1.165, 1.54) is 0 Å². The molecule has 0 aromatic heterocycles. The first-order chi connectivity index (χ1) is 2.00. The zero-order valence-electron chi connectivity index (χ0n) is 5.25. The third-order valence-corrected chi connectivity index (χ3v) is 0. The fraction of sp³-hybridized carbons (Fsp3) is 0. The Balaban J connectivity index is -0.00000000533. The van der Waals surface area contributed by atoms with Gasteiger partial charge in [0.2, 0.25) is 0 Å². The number of rotatable bonds is 0. The van der Waals surface area contributed by atoms with Crippen LogP contribution >= 0.6 is 0 Å². The van der Waals surface area contributed by atoms with Crippen LogP contribution in [-0.4, -0.2) is 44.9 Å². The Morgan fingerprint density at radius 3 is 0.727 bits per heavy atom. The molecule has 72 valence electrons. The second-order valence-electron chi connectivity index (χ2n) is 0.408. The van der Waals surface area contributed by atoms with Crippen molar-refractivity contribution in [2.24, 2.45) is 0 Å². The summed E-state index contributed by atoms with van der Waals surface area (Å²) in [5.74, 6) is 0. The van der Waals surface area contributed by atoms with Gasteiger partial charge in [0, 0.05) is 10.4 Å². The van der Waals surface area contributed by atoms with Crippen molar-refractivity contribution in [3.05, 3.63) is 0 Å². The van der Waals surface area contributed by atoms with Crippen LogP contribution in [0, 0.1) is 0 Å². The fourth-order valence-electron chi connectivity index (χ4n) is 0. The molecule has 0 fully saturated rings. The number of hydrogen-bond donors (Lipinski definition) is 0. The van der Waals surface area contributed by atoms with E-state index in [4.69, 9.17) is 17.5 Å². The molecule has 0 aliphatic carbocycles. The topological polar surface area (TPSA) is 238 Å². The van der Waals surface area contributed by atoms with Crippen molar-refractivity contribution in [3.8, 4) is 0 Å². The van der Waals surface area contributed by atoms with Crippen LogP contribution in [0.3, 0.4) is 0 Å². The van der Waals surface area contributed by atoms with E-state index in [1.807, 2.05) is 0 Å². The predicted molar refractivity (Wildman–Crippen MR) is 28.5 cm³/mol. The third-order valence-electron chi connectivity index (χ3n) is 0. The Morgan fingerprint density at radius 1 is 0.727 bits per heavy atom. The molecule has 0 saturated heterocycles. The molecule has 0 bridgehead atoms. The average Bonchev–Trinajstić information content (AvgIpc) is 0.722.